The van der Waals surface area contributed by atoms with Gasteiger partial charge in [-0.15, -0.1) is 0 Å². The first kappa shape index (κ1) is 16.0. The van der Waals surface area contributed by atoms with Gasteiger partial charge in [0.25, 0.3) is 0 Å². The number of Topliss-reactive ketones (excluding diaryl/α,β-unsaturated/α-hetero) is 1. The Bertz CT molecular complexity index is 308. The van der Waals surface area contributed by atoms with Crippen LogP contribution in [0.2, 0.25) is 0 Å². The van der Waals surface area contributed by atoms with Crippen LogP contribution in [0.3, 0.4) is 0 Å². The second-order valence-electron chi connectivity index (χ2n) is 7.22. The van der Waals surface area contributed by atoms with E-state index in [2.05, 4.69) is 30.8 Å². The first-order chi connectivity index (χ1) is 9.58. The summed E-state index contributed by atoms with van der Waals surface area (Å²) < 4.78 is 0. The molecule has 116 valence electrons. The second kappa shape index (κ2) is 7.56. The van der Waals surface area contributed by atoms with E-state index in [0.717, 1.165) is 37.6 Å². The molecule has 2 atom stereocenters. The molecule has 0 aromatic carbocycles. The zero-order chi connectivity index (χ0) is 14.5. The van der Waals surface area contributed by atoms with Crippen LogP contribution in [0.15, 0.2) is 0 Å². The number of carbonyl (C=O) groups excluding carboxylic acids is 1. The molecule has 3 heteroatoms. The molecule has 0 bridgehead atoms. The molecule has 0 aromatic rings. The van der Waals surface area contributed by atoms with E-state index in [9.17, 15) is 4.79 Å². The van der Waals surface area contributed by atoms with E-state index < -0.39 is 0 Å². The summed E-state index contributed by atoms with van der Waals surface area (Å²) >= 11 is 0. The van der Waals surface area contributed by atoms with Crippen LogP contribution in [0.1, 0.15) is 45.4 Å². The minimum atomic E-state index is 0.332. The number of piperidine rings is 1. The van der Waals surface area contributed by atoms with Gasteiger partial charge in [0.15, 0.2) is 0 Å². The third kappa shape index (κ3) is 4.56. The van der Waals surface area contributed by atoms with Crippen molar-refractivity contribution in [3.63, 3.8) is 0 Å². The van der Waals surface area contributed by atoms with Gasteiger partial charge in [-0.3, -0.25) is 4.79 Å². The molecule has 0 amide bonds. The Morgan fingerprint density at radius 2 is 1.85 bits per heavy atom. The molecule has 1 saturated heterocycles. The molecule has 1 aliphatic heterocycles. The molecule has 2 rings (SSSR count). The van der Waals surface area contributed by atoms with Crippen molar-refractivity contribution in [3.8, 4) is 0 Å². The molecule has 3 nitrogen and oxygen atoms in total. The molecule has 1 heterocycles. The van der Waals surface area contributed by atoms with E-state index in [-0.39, 0.29) is 0 Å². The van der Waals surface area contributed by atoms with E-state index in [0.29, 0.717) is 11.7 Å². The maximum absolute atomic E-state index is 12.1. The minimum absolute atomic E-state index is 0.332. The number of rotatable bonds is 5. The van der Waals surface area contributed by atoms with Crippen LogP contribution in [-0.2, 0) is 4.79 Å². The molecule has 1 saturated carbocycles. The first-order valence-corrected chi connectivity index (χ1v) is 8.48. The van der Waals surface area contributed by atoms with E-state index in [4.69, 9.17) is 0 Å². The minimum Gasteiger partial charge on any atom is -0.309 e. The summed E-state index contributed by atoms with van der Waals surface area (Å²) in [6.45, 7) is 6.90. The van der Waals surface area contributed by atoms with Gasteiger partial charge >= 0.3 is 0 Å². The fourth-order valence-corrected chi connectivity index (χ4v) is 3.93. The highest BCUT2D eigenvalue weighted by Gasteiger charge is 2.30. The molecule has 0 aromatic heterocycles. The number of hydrogen-bond donors (Lipinski definition) is 0. The van der Waals surface area contributed by atoms with Crippen LogP contribution in [0.4, 0.5) is 0 Å². The molecular formula is C17H32N2O. The van der Waals surface area contributed by atoms with Gasteiger partial charge in [0.2, 0.25) is 0 Å². The second-order valence-corrected chi connectivity index (χ2v) is 7.22. The van der Waals surface area contributed by atoms with Crippen molar-refractivity contribution >= 4 is 5.78 Å². The molecule has 0 N–H and O–H groups in total. The monoisotopic (exact) mass is 280 g/mol. The molecule has 0 radical (unpaired) electrons. The SMILES string of the molecule is CCC1CCC(=O)C(CN2CCC(CN(C)C)CC2)C1. The maximum Gasteiger partial charge on any atom is 0.137 e. The van der Waals surface area contributed by atoms with Crippen LogP contribution >= 0.6 is 0 Å². The molecule has 0 spiro atoms. The van der Waals surface area contributed by atoms with E-state index in [1.807, 2.05) is 0 Å². The van der Waals surface area contributed by atoms with E-state index in [1.54, 1.807) is 0 Å². The Labute approximate surface area is 124 Å². The van der Waals surface area contributed by atoms with Crippen molar-refractivity contribution in [1.29, 1.82) is 0 Å². The summed E-state index contributed by atoms with van der Waals surface area (Å²) in [5.41, 5.74) is 0. The largest absolute Gasteiger partial charge is 0.309 e. The number of likely N-dealkylation sites (tertiary alicyclic amines) is 1. The molecule has 1 aliphatic carbocycles. The topological polar surface area (TPSA) is 23.6 Å². The van der Waals surface area contributed by atoms with Crippen LogP contribution in [-0.4, -0.2) is 55.9 Å². The quantitative estimate of drug-likeness (QED) is 0.773. The van der Waals surface area contributed by atoms with Crippen molar-refractivity contribution in [2.24, 2.45) is 17.8 Å². The Hall–Kier alpha value is -0.410. The van der Waals surface area contributed by atoms with Crippen molar-refractivity contribution < 1.29 is 4.79 Å². The number of hydrogen-bond acceptors (Lipinski definition) is 3. The normalized spacial score (nSPS) is 30.1. The summed E-state index contributed by atoms with van der Waals surface area (Å²) in [5, 5.41) is 0. The van der Waals surface area contributed by atoms with Crippen LogP contribution in [0.5, 0.6) is 0 Å². The zero-order valence-corrected chi connectivity index (χ0v) is 13.6. The standard InChI is InChI=1S/C17H32N2O/c1-4-14-5-6-17(20)16(11-14)13-19-9-7-15(8-10-19)12-18(2)3/h14-16H,4-13H2,1-3H3. The smallest absolute Gasteiger partial charge is 0.137 e. The van der Waals surface area contributed by atoms with E-state index >= 15 is 0 Å². The molecule has 2 fully saturated rings. The predicted molar refractivity (Wildman–Crippen MR) is 83.8 cm³/mol. The van der Waals surface area contributed by atoms with Gasteiger partial charge in [-0.25, -0.2) is 0 Å². The van der Waals surface area contributed by atoms with Crippen molar-refractivity contribution in [3.05, 3.63) is 0 Å². The lowest BCUT2D eigenvalue weighted by molar-refractivity contribution is -0.126. The summed E-state index contributed by atoms with van der Waals surface area (Å²) in [6.07, 6.45) is 6.96. The lowest BCUT2D eigenvalue weighted by Gasteiger charge is -2.36. The van der Waals surface area contributed by atoms with Gasteiger partial charge in [-0.05, 0) is 64.7 Å². The fraction of sp³-hybridized carbons (Fsp3) is 0.941. The third-order valence-corrected chi connectivity index (χ3v) is 5.26. The Kier molecular flexibility index (Phi) is 6.03. The van der Waals surface area contributed by atoms with Gasteiger partial charge in [0.05, 0.1) is 0 Å². The van der Waals surface area contributed by atoms with Crippen LogP contribution in [0, 0.1) is 17.8 Å². The van der Waals surface area contributed by atoms with Gasteiger partial charge < -0.3 is 9.80 Å². The number of nitrogens with zero attached hydrogens (tertiary/aromatic N) is 2. The number of carbonyl (C=O) groups is 1. The third-order valence-electron chi connectivity index (χ3n) is 5.26. The van der Waals surface area contributed by atoms with Crippen LogP contribution in [0.25, 0.3) is 0 Å². The average molecular weight is 280 g/mol. The molecular weight excluding hydrogens is 248 g/mol. The summed E-state index contributed by atoms with van der Waals surface area (Å²) in [4.78, 5) is 17.0. The summed E-state index contributed by atoms with van der Waals surface area (Å²) in [5.74, 6) is 2.51. The van der Waals surface area contributed by atoms with Gasteiger partial charge in [0, 0.05) is 25.4 Å². The first-order valence-electron chi connectivity index (χ1n) is 8.48. The Morgan fingerprint density at radius 3 is 2.45 bits per heavy atom. The highest BCUT2D eigenvalue weighted by molar-refractivity contribution is 5.81. The van der Waals surface area contributed by atoms with Gasteiger partial charge in [-0.1, -0.05) is 13.3 Å². The predicted octanol–water partition coefficient (Wildman–Crippen LogP) is 2.66. The van der Waals surface area contributed by atoms with Crippen molar-refractivity contribution in [2.45, 2.75) is 45.4 Å². The average Bonchev–Trinajstić information content (AvgIpc) is 2.43. The van der Waals surface area contributed by atoms with E-state index in [1.165, 1.54) is 38.9 Å². The zero-order valence-electron chi connectivity index (χ0n) is 13.6. The van der Waals surface area contributed by atoms with Gasteiger partial charge in [-0.2, -0.15) is 0 Å². The lowest BCUT2D eigenvalue weighted by atomic mass is 9.79. The van der Waals surface area contributed by atoms with Crippen LogP contribution < -0.4 is 0 Å². The maximum atomic E-state index is 12.1. The summed E-state index contributed by atoms with van der Waals surface area (Å²) in [6, 6.07) is 0. The Balaban J connectivity index is 1.75. The van der Waals surface area contributed by atoms with Crippen molar-refractivity contribution in [2.75, 3.05) is 40.3 Å². The number of ketones is 1. The Morgan fingerprint density at radius 1 is 1.15 bits per heavy atom. The highest BCUT2D eigenvalue weighted by atomic mass is 16.1. The fourth-order valence-electron chi connectivity index (χ4n) is 3.93. The highest BCUT2D eigenvalue weighted by Crippen LogP contribution is 2.30. The van der Waals surface area contributed by atoms with Gasteiger partial charge in [0.1, 0.15) is 5.78 Å². The van der Waals surface area contributed by atoms with Crippen molar-refractivity contribution in [1.82, 2.24) is 9.80 Å². The molecule has 20 heavy (non-hydrogen) atoms. The summed E-state index contributed by atoms with van der Waals surface area (Å²) in [7, 11) is 4.33. The lowest BCUT2D eigenvalue weighted by Crippen LogP contribution is -2.42. The molecule has 2 unspecified atom stereocenters. The molecule has 2 aliphatic rings.